The fourth-order valence-corrected chi connectivity index (χ4v) is 3.93. The van der Waals surface area contributed by atoms with Gasteiger partial charge in [-0.25, -0.2) is 4.79 Å². The van der Waals surface area contributed by atoms with Gasteiger partial charge >= 0.3 is 12.1 Å². The summed E-state index contributed by atoms with van der Waals surface area (Å²) in [5.41, 5.74) is 0.446. The summed E-state index contributed by atoms with van der Waals surface area (Å²) in [4.78, 5) is 28.2. The van der Waals surface area contributed by atoms with Gasteiger partial charge in [0.2, 0.25) is 5.91 Å². The number of para-hydroxylation sites is 2. The summed E-state index contributed by atoms with van der Waals surface area (Å²) >= 11 is 0. The highest BCUT2D eigenvalue weighted by Gasteiger charge is 2.32. The molecule has 0 aliphatic carbocycles. The van der Waals surface area contributed by atoms with E-state index in [1.54, 1.807) is 29.2 Å². The molecule has 4 rings (SSSR count). The highest BCUT2D eigenvalue weighted by molar-refractivity contribution is 5.98. The number of hydrogen-bond acceptors (Lipinski definition) is 5. The fourth-order valence-electron chi connectivity index (χ4n) is 3.93. The summed E-state index contributed by atoms with van der Waals surface area (Å²) in [6, 6.07) is 10.2. The van der Waals surface area contributed by atoms with Crippen LogP contribution in [0.3, 0.4) is 0 Å². The van der Waals surface area contributed by atoms with E-state index in [-0.39, 0.29) is 18.8 Å². The number of ether oxygens (including phenoxy) is 1. The van der Waals surface area contributed by atoms with Gasteiger partial charge in [0.05, 0.1) is 29.2 Å². The van der Waals surface area contributed by atoms with Gasteiger partial charge in [-0.15, -0.1) is 0 Å². The average molecular weight is 433 g/mol. The lowest BCUT2D eigenvalue weighted by molar-refractivity contribution is -0.137. The molecule has 9 heteroatoms. The third-order valence-electron chi connectivity index (χ3n) is 5.38. The van der Waals surface area contributed by atoms with Crippen molar-refractivity contribution in [2.24, 2.45) is 0 Å². The van der Waals surface area contributed by atoms with E-state index in [0.29, 0.717) is 17.1 Å². The molecule has 2 aromatic carbocycles. The molecule has 2 heterocycles. The minimum absolute atomic E-state index is 0.119. The van der Waals surface area contributed by atoms with Crippen molar-refractivity contribution in [3.8, 4) is 5.75 Å². The van der Waals surface area contributed by atoms with Crippen LogP contribution in [0.25, 0.3) is 0 Å². The maximum Gasteiger partial charge on any atom is 0.416 e. The molecule has 1 amide bonds. The van der Waals surface area contributed by atoms with E-state index in [0.717, 1.165) is 44.5 Å². The van der Waals surface area contributed by atoms with Gasteiger partial charge in [0.1, 0.15) is 6.54 Å². The molecule has 1 saturated heterocycles. The summed E-state index contributed by atoms with van der Waals surface area (Å²) in [6.07, 6.45) is -1.55. The summed E-state index contributed by atoms with van der Waals surface area (Å²) in [5.74, 6) is -0.665. The molecule has 6 nitrogen and oxygen atoms in total. The molecule has 164 valence electrons. The van der Waals surface area contributed by atoms with Gasteiger partial charge in [-0.05, 0) is 49.6 Å². The molecular weight excluding hydrogens is 411 g/mol. The minimum atomic E-state index is -4.52. The molecule has 31 heavy (non-hydrogen) atoms. The predicted molar refractivity (Wildman–Crippen MR) is 110 cm³/mol. The average Bonchev–Trinajstić information content (AvgIpc) is 2.73. The molecule has 0 atom stereocenters. The van der Waals surface area contributed by atoms with E-state index in [2.05, 4.69) is 5.32 Å². The Bertz CT molecular complexity index is 987. The molecule has 2 aliphatic rings. The van der Waals surface area contributed by atoms with Crippen molar-refractivity contribution in [2.75, 3.05) is 41.3 Å². The van der Waals surface area contributed by atoms with Crippen LogP contribution in [-0.2, 0) is 15.8 Å². The Hall–Kier alpha value is -3.23. The molecule has 0 radical (unpaired) electrons. The van der Waals surface area contributed by atoms with Crippen LogP contribution >= 0.6 is 0 Å². The maximum absolute atomic E-state index is 13.3. The number of alkyl halides is 3. The first-order chi connectivity index (χ1) is 14.8. The zero-order chi connectivity index (χ0) is 22.0. The van der Waals surface area contributed by atoms with Crippen LogP contribution in [0.2, 0.25) is 0 Å². The van der Waals surface area contributed by atoms with Crippen molar-refractivity contribution < 1.29 is 27.5 Å². The monoisotopic (exact) mass is 433 g/mol. The van der Waals surface area contributed by atoms with Crippen molar-refractivity contribution in [3.05, 3.63) is 48.0 Å². The normalized spacial score (nSPS) is 16.5. The van der Waals surface area contributed by atoms with Crippen LogP contribution in [0.5, 0.6) is 5.75 Å². The third kappa shape index (κ3) is 4.76. The molecule has 0 unspecified atom stereocenters. The van der Waals surface area contributed by atoms with Gasteiger partial charge in [0.15, 0.2) is 5.75 Å². The van der Waals surface area contributed by atoms with Crippen molar-refractivity contribution in [1.29, 1.82) is 0 Å². The van der Waals surface area contributed by atoms with E-state index in [4.69, 9.17) is 4.74 Å². The minimum Gasteiger partial charge on any atom is -0.423 e. The Labute approximate surface area is 177 Å². The quantitative estimate of drug-likeness (QED) is 0.582. The Balaban J connectivity index is 1.57. The van der Waals surface area contributed by atoms with Gasteiger partial charge in [-0.3, -0.25) is 4.79 Å². The molecule has 0 spiro atoms. The molecule has 2 aliphatic heterocycles. The standard InChI is InChI=1S/C22H22F3N3O3/c23-22(24,25)15-8-9-17(27-10-4-1-5-11-27)16(12-15)26-20(29)13-28-14-21(30)31-19-7-3-2-6-18(19)28/h2-3,6-9,12H,1,4-5,10-11,13-14H2,(H,26,29). The van der Waals surface area contributed by atoms with E-state index in [1.807, 2.05) is 4.90 Å². The van der Waals surface area contributed by atoms with Crippen LogP contribution in [0.1, 0.15) is 24.8 Å². The molecule has 0 bridgehead atoms. The van der Waals surface area contributed by atoms with Crippen LogP contribution < -0.4 is 19.9 Å². The lowest BCUT2D eigenvalue weighted by Gasteiger charge is -2.32. The number of amides is 1. The summed E-state index contributed by atoms with van der Waals surface area (Å²) in [6.45, 7) is 1.13. The highest BCUT2D eigenvalue weighted by Crippen LogP contribution is 2.37. The second kappa shape index (κ2) is 8.49. The first-order valence-electron chi connectivity index (χ1n) is 10.1. The number of carbonyl (C=O) groups is 2. The number of hydrogen-bond donors (Lipinski definition) is 1. The van der Waals surface area contributed by atoms with Gasteiger partial charge in [0.25, 0.3) is 0 Å². The number of halogens is 3. The zero-order valence-corrected chi connectivity index (χ0v) is 16.7. The van der Waals surface area contributed by atoms with Crippen molar-refractivity contribution >= 4 is 28.9 Å². The molecule has 2 aromatic rings. The van der Waals surface area contributed by atoms with Gasteiger partial charge in [-0.1, -0.05) is 12.1 Å². The van der Waals surface area contributed by atoms with Crippen LogP contribution in [0, 0.1) is 0 Å². The summed E-state index contributed by atoms with van der Waals surface area (Å²) < 4.78 is 45.0. The Morgan fingerprint density at radius 3 is 2.52 bits per heavy atom. The number of piperidine rings is 1. The second-order valence-electron chi connectivity index (χ2n) is 7.62. The maximum atomic E-state index is 13.3. The summed E-state index contributed by atoms with van der Waals surface area (Å²) in [5, 5.41) is 2.64. The zero-order valence-electron chi connectivity index (χ0n) is 16.7. The number of benzene rings is 2. The van der Waals surface area contributed by atoms with E-state index >= 15 is 0 Å². The fraction of sp³-hybridized carbons (Fsp3) is 0.364. The van der Waals surface area contributed by atoms with Gasteiger partial charge in [-0.2, -0.15) is 13.2 Å². The SMILES string of the molecule is O=C(CN1CC(=O)Oc2ccccc21)Nc1cc(C(F)(F)F)ccc1N1CCCCC1. The molecular formula is C22H22F3N3O3. The largest absolute Gasteiger partial charge is 0.423 e. The number of esters is 1. The number of nitrogens with one attached hydrogen (secondary N) is 1. The number of anilines is 3. The summed E-state index contributed by atoms with van der Waals surface area (Å²) in [7, 11) is 0. The Kier molecular flexibility index (Phi) is 5.75. The van der Waals surface area contributed by atoms with E-state index in [9.17, 15) is 22.8 Å². The topological polar surface area (TPSA) is 61.9 Å². The van der Waals surface area contributed by atoms with Crippen molar-refractivity contribution in [1.82, 2.24) is 0 Å². The number of nitrogens with zero attached hydrogens (tertiary/aromatic N) is 2. The van der Waals surface area contributed by atoms with Crippen LogP contribution in [0.15, 0.2) is 42.5 Å². The number of carbonyl (C=O) groups excluding carboxylic acids is 2. The van der Waals surface area contributed by atoms with Crippen molar-refractivity contribution in [3.63, 3.8) is 0 Å². The Morgan fingerprint density at radius 1 is 1.03 bits per heavy atom. The first kappa shape index (κ1) is 21.0. The molecule has 1 N–H and O–H groups in total. The first-order valence-corrected chi connectivity index (χ1v) is 10.1. The predicted octanol–water partition coefficient (Wildman–Crippen LogP) is 4.06. The Morgan fingerprint density at radius 2 is 1.77 bits per heavy atom. The lowest BCUT2D eigenvalue weighted by atomic mass is 10.1. The number of fused-ring (bicyclic) bond motifs is 1. The second-order valence-corrected chi connectivity index (χ2v) is 7.62. The molecule has 0 aromatic heterocycles. The van der Waals surface area contributed by atoms with Gasteiger partial charge in [0, 0.05) is 13.1 Å². The lowest BCUT2D eigenvalue weighted by Crippen LogP contribution is -2.41. The number of rotatable bonds is 4. The van der Waals surface area contributed by atoms with Gasteiger partial charge < -0.3 is 19.9 Å². The van der Waals surface area contributed by atoms with Crippen molar-refractivity contribution in [2.45, 2.75) is 25.4 Å². The van der Waals surface area contributed by atoms with E-state index in [1.165, 1.54) is 6.07 Å². The highest BCUT2D eigenvalue weighted by atomic mass is 19.4. The van der Waals surface area contributed by atoms with Crippen LogP contribution in [-0.4, -0.2) is 38.1 Å². The third-order valence-corrected chi connectivity index (χ3v) is 5.38. The molecule has 0 saturated carbocycles. The van der Waals surface area contributed by atoms with Crippen LogP contribution in [0.4, 0.5) is 30.2 Å². The smallest absolute Gasteiger partial charge is 0.416 e. The van der Waals surface area contributed by atoms with E-state index < -0.39 is 23.6 Å². The molecule has 1 fully saturated rings.